The number of carbonyl (C=O) groups excluding carboxylic acids is 2. The van der Waals surface area contributed by atoms with Crippen molar-refractivity contribution in [2.75, 3.05) is 11.4 Å². The van der Waals surface area contributed by atoms with E-state index in [4.69, 9.17) is 0 Å². The van der Waals surface area contributed by atoms with E-state index in [-0.39, 0.29) is 18.4 Å². The lowest BCUT2D eigenvalue weighted by Crippen LogP contribution is -2.39. The van der Waals surface area contributed by atoms with E-state index in [0.717, 1.165) is 15.6 Å². The lowest BCUT2D eigenvalue weighted by atomic mass is 10.1. The Morgan fingerprint density at radius 2 is 1.74 bits per heavy atom. The Hall–Kier alpha value is -2.14. The van der Waals surface area contributed by atoms with Crippen LogP contribution in [0.1, 0.15) is 18.1 Å². The van der Waals surface area contributed by atoms with Crippen molar-refractivity contribution in [1.82, 2.24) is 5.32 Å². The predicted molar refractivity (Wildman–Crippen MR) is 95.2 cm³/mol. The standard InChI is InChI=1S/C18H19BrN2O2/c1-13-5-3-4-6-15(13)11-20-18(23)12-21(14(2)22)17-9-7-16(19)8-10-17/h3-10H,11-12H2,1-2H3,(H,20,23). The topological polar surface area (TPSA) is 49.4 Å². The number of hydrogen-bond donors (Lipinski definition) is 1. The average Bonchev–Trinajstić information content (AvgIpc) is 2.52. The van der Waals surface area contributed by atoms with Gasteiger partial charge in [0.05, 0.1) is 0 Å². The molecule has 2 aromatic rings. The summed E-state index contributed by atoms with van der Waals surface area (Å²) < 4.78 is 0.925. The zero-order valence-electron chi connectivity index (χ0n) is 13.2. The first-order valence-corrected chi connectivity index (χ1v) is 8.11. The van der Waals surface area contributed by atoms with Gasteiger partial charge in [0.2, 0.25) is 11.8 Å². The van der Waals surface area contributed by atoms with Crippen LogP contribution in [0.25, 0.3) is 0 Å². The summed E-state index contributed by atoms with van der Waals surface area (Å²) in [5.74, 6) is -0.357. The maximum atomic E-state index is 12.2. The molecule has 0 atom stereocenters. The number of rotatable bonds is 5. The molecule has 0 bridgehead atoms. The van der Waals surface area contributed by atoms with Gasteiger partial charge in [-0.15, -0.1) is 0 Å². The zero-order chi connectivity index (χ0) is 16.8. The van der Waals surface area contributed by atoms with Gasteiger partial charge in [0.15, 0.2) is 0 Å². The van der Waals surface area contributed by atoms with Crippen molar-refractivity contribution in [3.8, 4) is 0 Å². The Balaban J connectivity index is 2.00. The lowest BCUT2D eigenvalue weighted by molar-refractivity contribution is -0.123. The van der Waals surface area contributed by atoms with Crippen LogP contribution in [0, 0.1) is 6.92 Å². The normalized spacial score (nSPS) is 10.2. The maximum absolute atomic E-state index is 12.2. The molecule has 0 spiro atoms. The second-order valence-electron chi connectivity index (χ2n) is 5.28. The molecule has 1 N–H and O–H groups in total. The number of benzene rings is 2. The van der Waals surface area contributed by atoms with E-state index in [0.29, 0.717) is 12.2 Å². The number of amides is 2. The van der Waals surface area contributed by atoms with E-state index in [2.05, 4.69) is 21.2 Å². The van der Waals surface area contributed by atoms with E-state index < -0.39 is 0 Å². The van der Waals surface area contributed by atoms with Gasteiger partial charge in [0.25, 0.3) is 0 Å². The molecule has 120 valence electrons. The molecule has 0 aliphatic carbocycles. The van der Waals surface area contributed by atoms with Crippen LogP contribution in [-0.2, 0) is 16.1 Å². The molecule has 0 saturated carbocycles. The van der Waals surface area contributed by atoms with Crippen LogP contribution < -0.4 is 10.2 Å². The summed E-state index contributed by atoms with van der Waals surface area (Å²) in [7, 11) is 0. The highest BCUT2D eigenvalue weighted by Gasteiger charge is 2.15. The fourth-order valence-corrected chi connectivity index (χ4v) is 2.47. The predicted octanol–water partition coefficient (Wildman–Crippen LogP) is 3.43. The summed E-state index contributed by atoms with van der Waals surface area (Å²) in [6.07, 6.45) is 0. The number of aryl methyl sites for hydroxylation is 1. The Bertz CT molecular complexity index is 698. The molecule has 5 heteroatoms. The molecule has 0 unspecified atom stereocenters. The molecule has 0 heterocycles. The summed E-state index contributed by atoms with van der Waals surface area (Å²) in [6, 6.07) is 15.2. The maximum Gasteiger partial charge on any atom is 0.240 e. The SMILES string of the molecule is CC(=O)N(CC(=O)NCc1ccccc1C)c1ccc(Br)cc1. The van der Waals surface area contributed by atoms with Crippen LogP contribution in [-0.4, -0.2) is 18.4 Å². The third kappa shape index (κ3) is 4.93. The molecular weight excluding hydrogens is 356 g/mol. The molecule has 0 radical (unpaired) electrons. The second kappa shape index (κ2) is 7.92. The Kier molecular flexibility index (Phi) is 5.93. The monoisotopic (exact) mass is 374 g/mol. The highest BCUT2D eigenvalue weighted by Crippen LogP contribution is 2.18. The minimum Gasteiger partial charge on any atom is -0.350 e. The van der Waals surface area contributed by atoms with Crippen LogP contribution in [0.4, 0.5) is 5.69 Å². The fraction of sp³-hybridized carbons (Fsp3) is 0.222. The van der Waals surface area contributed by atoms with Gasteiger partial charge in [-0.3, -0.25) is 9.59 Å². The number of nitrogens with zero attached hydrogens (tertiary/aromatic N) is 1. The molecule has 0 aliphatic rings. The lowest BCUT2D eigenvalue weighted by Gasteiger charge is -2.21. The summed E-state index contributed by atoms with van der Waals surface area (Å²) >= 11 is 3.36. The summed E-state index contributed by atoms with van der Waals surface area (Å²) in [5.41, 5.74) is 2.90. The first kappa shape index (κ1) is 17.2. The first-order chi connectivity index (χ1) is 11.0. The van der Waals surface area contributed by atoms with Crippen LogP contribution in [0.5, 0.6) is 0 Å². The molecule has 0 aliphatic heterocycles. The third-order valence-electron chi connectivity index (χ3n) is 3.56. The van der Waals surface area contributed by atoms with Crippen LogP contribution >= 0.6 is 15.9 Å². The van der Waals surface area contributed by atoms with Gasteiger partial charge in [-0.2, -0.15) is 0 Å². The molecule has 2 rings (SSSR count). The molecule has 0 saturated heterocycles. The van der Waals surface area contributed by atoms with Crippen molar-refractivity contribution in [3.05, 3.63) is 64.1 Å². The van der Waals surface area contributed by atoms with Gasteiger partial charge < -0.3 is 10.2 Å². The molecule has 2 aromatic carbocycles. The van der Waals surface area contributed by atoms with Gasteiger partial charge in [-0.05, 0) is 42.3 Å². The van der Waals surface area contributed by atoms with Crippen LogP contribution in [0.2, 0.25) is 0 Å². The molecule has 0 fully saturated rings. The van der Waals surface area contributed by atoms with E-state index in [1.165, 1.54) is 11.8 Å². The smallest absolute Gasteiger partial charge is 0.240 e. The Morgan fingerprint density at radius 3 is 2.35 bits per heavy atom. The number of nitrogens with one attached hydrogen (secondary N) is 1. The zero-order valence-corrected chi connectivity index (χ0v) is 14.8. The van der Waals surface area contributed by atoms with Gasteiger partial charge in [0, 0.05) is 23.6 Å². The molecule has 0 aromatic heterocycles. The quantitative estimate of drug-likeness (QED) is 0.871. The van der Waals surface area contributed by atoms with Crippen LogP contribution in [0.15, 0.2) is 53.0 Å². The van der Waals surface area contributed by atoms with Crippen molar-refractivity contribution < 1.29 is 9.59 Å². The van der Waals surface area contributed by atoms with Gasteiger partial charge >= 0.3 is 0 Å². The summed E-state index contributed by atoms with van der Waals surface area (Å²) in [5, 5.41) is 2.86. The minimum absolute atomic E-state index is 0.00282. The number of carbonyl (C=O) groups is 2. The Labute approximate surface area is 144 Å². The second-order valence-corrected chi connectivity index (χ2v) is 6.20. The Morgan fingerprint density at radius 1 is 1.09 bits per heavy atom. The number of halogens is 1. The van der Waals surface area contributed by atoms with E-state index in [1.54, 1.807) is 12.1 Å². The van der Waals surface area contributed by atoms with Crippen molar-refractivity contribution >= 4 is 33.4 Å². The molecule has 2 amide bonds. The van der Waals surface area contributed by atoms with Crippen molar-refractivity contribution in [2.24, 2.45) is 0 Å². The van der Waals surface area contributed by atoms with Crippen molar-refractivity contribution in [1.29, 1.82) is 0 Å². The van der Waals surface area contributed by atoms with E-state index in [9.17, 15) is 9.59 Å². The fourth-order valence-electron chi connectivity index (χ4n) is 2.21. The summed E-state index contributed by atoms with van der Waals surface area (Å²) in [6.45, 7) is 3.92. The van der Waals surface area contributed by atoms with Crippen molar-refractivity contribution in [3.63, 3.8) is 0 Å². The van der Waals surface area contributed by atoms with Gasteiger partial charge in [0.1, 0.15) is 6.54 Å². The number of anilines is 1. The van der Waals surface area contributed by atoms with Crippen molar-refractivity contribution in [2.45, 2.75) is 20.4 Å². The van der Waals surface area contributed by atoms with E-state index >= 15 is 0 Å². The summed E-state index contributed by atoms with van der Waals surface area (Å²) in [4.78, 5) is 25.5. The first-order valence-electron chi connectivity index (χ1n) is 7.32. The molecule has 23 heavy (non-hydrogen) atoms. The highest BCUT2D eigenvalue weighted by atomic mass is 79.9. The molecular formula is C18H19BrN2O2. The average molecular weight is 375 g/mol. The van der Waals surface area contributed by atoms with Crippen LogP contribution in [0.3, 0.4) is 0 Å². The number of hydrogen-bond acceptors (Lipinski definition) is 2. The highest BCUT2D eigenvalue weighted by molar-refractivity contribution is 9.10. The van der Waals surface area contributed by atoms with Gasteiger partial charge in [-0.1, -0.05) is 40.2 Å². The van der Waals surface area contributed by atoms with Gasteiger partial charge in [-0.25, -0.2) is 0 Å². The van der Waals surface area contributed by atoms with E-state index in [1.807, 2.05) is 43.3 Å². The molecule has 4 nitrogen and oxygen atoms in total. The largest absolute Gasteiger partial charge is 0.350 e. The third-order valence-corrected chi connectivity index (χ3v) is 4.09. The minimum atomic E-state index is -0.189.